The van der Waals surface area contributed by atoms with Gasteiger partial charge in [-0.3, -0.25) is 0 Å². The van der Waals surface area contributed by atoms with Gasteiger partial charge in [-0.05, 0) is 0 Å². The van der Waals surface area contributed by atoms with E-state index in [1.807, 2.05) is 20.8 Å². The van der Waals surface area contributed by atoms with Crippen LogP contribution in [0.3, 0.4) is 0 Å². The number of aromatic amines is 1. The fraction of sp³-hybridized carbons (Fsp3) is 0.545. The van der Waals surface area contributed by atoms with E-state index in [4.69, 9.17) is 5.73 Å². The maximum absolute atomic E-state index is 11.6. The summed E-state index contributed by atoms with van der Waals surface area (Å²) in [5.41, 5.74) is 6.35. The second-order valence-electron chi connectivity index (χ2n) is 5.16. The lowest BCUT2D eigenvalue weighted by Gasteiger charge is -2.18. The summed E-state index contributed by atoms with van der Waals surface area (Å²) in [6.07, 6.45) is 1.72. The van der Waals surface area contributed by atoms with Crippen molar-refractivity contribution < 1.29 is 0 Å². The lowest BCUT2D eigenvalue weighted by Crippen LogP contribution is -2.21. The average Bonchev–Trinajstić information content (AvgIpc) is 2.67. The van der Waals surface area contributed by atoms with Crippen LogP contribution in [-0.4, -0.2) is 32.7 Å². The van der Waals surface area contributed by atoms with Gasteiger partial charge in [-0.15, -0.1) is 5.10 Å². The number of rotatable bonds is 3. The van der Waals surface area contributed by atoms with Crippen molar-refractivity contribution in [1.82, 2.24) is 19.6 Å². The molecule has 0 aliphatic rings. The molecule has 0 saturated carbocycles. The summed E-state index contributed by atoms with van der Waals surface area (Å²) < 4.78 is 1.46. The van der Waals surface area contributed by atoms with Crippen molar-refractivity contribution in [3.05, 3.63) is 22.4 Å². The minimum Gasteiger partial charge on any atom is -0.366 e. The molecule has 18 heavy (non-hydrogen) atoms. The maximum atomic E-state index is 11.6. The van der Waals surface area contributed by atoms with Crippen LogP contribution in [0.1, 0.15) is 26.5 Å². The highest BCUT2D eigenvalue weighted by atomic mass is 16.1. The second kappa shape index (κ2) is 4.41. The number of hydrogen-bond acceptors (Lipinski definition) is 5. The first-order valence-corrected chi connectivity index (χ1v) is 5.85. The number of fused-ring (bicyclic) bond motifs is 1. The number of anilines is 1. The third kappa shape index (κ3) is 2.21. The Hall–Kier alpha value is -1.89. The molecule has 0 fully saturated rings. The number of aromatic nitrogens is 4. The van der Waals surface area contributed by atoms with Gasteiger partial charge in [-0.2, -0.15) is 0 Å². The molecule has 0 amide bonds. The molecule has 2 heterocycles. The molecule has 2 aromatic rings. The SMILES string of the molecule is CC(C)(C)c1cn2c(=O)[nH]nc2c(NCCN)n1. The maximum Gasteiger partial charge on any atom is 0.347 e. The molecular weight excluding hydrogens is 232 g/mol. The Morgan fingerprint density at radius 1 is 1.50 bits per heavy atom. The molecule has 98 valence electrons. The lowest BCUT2D eigenvalue weighted by molar-refractivity contribution is 0.565. The van der Waals surface area contributed by atoms with Crippen molar-refractivity contribution in [3.63, 3.8) is 0 Å². The number of nitrogens with two attached hydrogens (primary N) is 1. The Bertz CT molecular complexity index is 606. The zero-order valence-corrected chi connectivity index (χ0v) is 10.8. The van der Waals surface area contributed by atoms with Gasteiger partial charge in [0.25, 0.3) is 0 Å². The van der Waals surface area contributed by atoms with Crippen LogP contribution in [0.5, 0.6) is 0 Å². The van der Waals surface area contributed by atoms with Crippen LogP contribution in [-0.2, 0) is 5.41 Å². The van der Waals surface area contributed by atoms with Crippen molar-refractivity contribution >= 4 is 11.5 Å². The van der Waals surface area contributed by atoms with E-state index >= 15 is 0 Å². The van der Waals surface area contributed by atoms with E-state index < -0.39 is 0 Å². The van der Waals surface area contributed by atoms with Crippen molar-refractivity contribution in [2.24, 2.45) is 5.73 Å². The van der Waals surface area contributed by atoms with Gasteiger partial charge >= 0.3 is 5.69 Å². The molecule has 0 spiro atoms. The summed E-state index contributed by atoms with van der Waals surface area (Å²) in [5.74, 6) is 0.575. The van der Waals surface area contributed by atoms with E-state index in [0.717, 1.165) is 5.69 Å². The quantitative estimate of drug-likeness (QED) is 0.716. The Morgan fingerprint density at radius 2 is 2.22 bits per heavy atom. The van der Waals surface area contributed by atoms with Crippen molar-refractivity contribution in [3.8, 4) is 0 Å². The Kier molecular flexibility index (Phi) is 3.08. The first-order chi connectivity index (χ1) is 8.43. The molecule has 0 radical (unpaired) electrons. The van der Waals surface area contributed by atoms with E-state index in [2.05, 4.69) is 20.5 Å². The van der Waals surface area contributed by atoms with Crippen molar-refractivity contribution in [2.75, 3.05) is 18.4 Å². The predicted octanol–water partition coefficient (Wildman–Crippen LogP) is 0.0857. The molecule has 7 heteroatoms. The standard InChI is InChI=1S/C11H18N6O/c1-11(2,3)7-6-17-9(15-16-10(17)18)8(14-7)13-5-4-12/h6H,4-5,12H2,1-3H3,(H,13,14)(H,16,18). The van der Waals surface area contributed by atoms with Gasteiger partial charge in [-0.25, -0.2) is 19.3 Å². The van der Waals surface area contributed by atoms with Crippen LogP contribution in [0.4, 0.5) is 5.82 Å². The first-order valence-electron chi connectivity index (χ1n) is 5.85. The minimum atomic E-state index is -0.270. The molecule has 0 bridgehead atoms. The number of H-pyrrole nitrogens is 1. The van der Waals surface area contributed by atoms with Gasteiger partial charge in [0.15, 0.2) is 5.82 Å². The molecule has 2 aromatic heterocycles. The summed E-state index contributed by atoms with van der Waals surface area (Å²) >= 11 is 0. The summed E-state index contributed by atoms with van der Waals surface area (Å²) in [4.78, 5) is 16.2. The van der Waals surface area contributed by atoms with Gasteiger partial charge in [0.1, 0.15) is 0 Å². The lowest BCUT2D eigenvalue weighted by atomic mass is 9.93. The van der Waals surface area contributed by atoms with Gasteiger partial charge in [0, 0.05) is 24.7 Å². The third-order valence-corrected chi connectivity index (χ3v) is 2.61. The van der Waals surface area contributed by atoms with Gasteiger partial charge in [0.05, 0.1) is 5.69 Å². The van der Waals surface area contributed by atoms with E-state index in [0.29, 0.717) is 24.6 Å². The van der Waals surface area contributed by atoms with E-state index in [-0.39, 0.29) is 11.1 Å². The zero-order valence-electron chi connectivity index (χ0n) is 10.8. The zero-order chi connectivity index (χ0) is 13.3. The first kappa shape index (κ1) is 12.6. The van der Waals surface area contributed by atoms with Crippen LogP contribution in [0.25, 0.3) is 5.65 Å². The van der Waals surface area contributed by atoms with E-state index in [1.165, 1.54) is 4.40 Å². The highest BCUT2D eigenvalue weighted by Gasteiger charge is 2.19. The average molecular weight is 250 g/mol. The van der Waals surface area contributed by atoms with Gasteiger partial charge in [-0.1, -0.05) is 20.8 Å². The molecular formula is C11H18N6O. The summed E-state index contributed by atoms with van der Waals surface area (Å²) in [7, 11) is 0. The molecule has 0 atom stereocenters. The number of nitrogens with one attached hydrogen (secondary N) is 2. The van der Waals surface area contributed by atoms with Gasteiger partial charge < -0.3 is 11.1 Å². The molecule has 0 aromatic carbocycles. The van der Waals surface area contributed by atoms with Crippen molar-refractivity contribution in [1.29, 1.82) is 0 Å². The number of nitrogens with zero attached hydrogens (tertiary/aromatic N) is 3. The molecule has 0 unspecified atom stereocenters. The Morgan fingerprint density at radius 3 is 2.83 bits per heavy atom. The molecule has 0 aliphatic heterocycles. The highest BCUT2D eigenvalue weighted by Crippen LogP contribution is 2.22. The summed E-state index contributed by atoms with van der Waals surface area (Å²) in [6, 6.07) is 0. The van der Waals surface area contributed by atoms with Crippen LogP contribution >= 0.6 is 0 Å². The van der Waals surface area contributed by atoms with Crippen molar-refractivity contribution in [2.45, 2.75) is 26.2 Å². The largest absolute Gasteiger partial charge is 0.366 e. The Balaban J connectivity index is 2.62. The fourth-order valence-corrected chi connectivity index (χ4v) is 1.58. The monoisotopic (exact) mass is 250 g/mol. The second-order valence-corrected chi connectivity index (χ2v) is 5.16. The molecule has 0 saturated heterocycles. The molecule has 2 rings (SSSR count). The highest BCUT2D eigenvalue weighted by molar-refractivity contribution is 5.62. The molecule has 0 aliphatic carbocycles. The van der Waals surface area contributed by atoms with Gasteiger partial charge in [0.2, 0.25) is 5.65 Å². The van der Waals surface area contributed by atoms with E-state index in [1.54, 1.807) is 6.20 Å². The Labute approximate surface area is 104 Å². The van der Waals surface area contributed by atoms with Crippen LogP contribution in [0, 0.1) is 0 Å². The van der Waals surface area contributed by atoms with Crippen LogP contribution in [0.15, 0.2) is 11.0 Å². The third-order valence-electron chi connectivity index (χ3n) is 2.61. The minimum absolute atomic E-state index is 0.149. The summed E-state index contributed by atoms with van der Waals surface area (Å²) in [5, 5.41) is 9.46. The topological polar surface area (TPSA) is 101 Å². The number of hydrogen-bond donors (Lipinski definition) is 3. The van der Waals surface area contributed by atoms with Crippen LogP contribution < -0.4 is 16.7 Å². The molecule has 4 N–H and O–H groups in total. The smallest absolute Gasteiger partial charge is 0.347 e. The predicted molar refractivity (Wildman–Crippen MR) is 69.9 cm³/mol. The van der Waals surface area contributed by atoms with Crippen LogP contribution in [0.2, 0.25) is 0 Å². The summed E-state index contributed by atoms with van der Waals surface area (Å²) in [6.45, 7) is 7.19. The molecule has 7 nitrogen and oxygen atoms in total. The normalized spacial score (nSPS) is 12.0. The fourth-order valence-electron chi connectivity index (χ4n) is 1.58. The van der Waals surface area contributed by atoms with E-state index in [9.17, 15) is 4.79 Å².